The normalized spacial score (nSPS) is 43.6. The van der Waals surface area contributed by atoms with Gasteiger partial charge in [0.05, 0.1) is 5.92 Å². The van der Waals surface area contributed by atoms with Crippen LogP contribution in [0.4, 0.5) is 0 Å². The Morgan fingerprint density at radius 1 is 1.36 bits per heavy atom. The highest BCUT2D eigenvalue weighted by atomic mass is 16.1. The van der Waals surface area contributed by atoms with Crippen LogP contribution in [0.25, 0.3) is 0 Å². The van der Waals surface area contributed by atoms with Crippen LogP contribution in [0, 0.1) is 17.8 Å². The van der Waals surface area contributed by atoms with Crippen molar-refractivity contribution in [1.82, 2.24) is 5.32 Å². The van der Waals surface area contributed by atoms with Gasteiger partial charge in [-0.2, -0.15) is 0 Å². The third kappa shape index (κ3) is 1.78. The van der Waals surface area contributed by atoms with Crippen LogP contribution in [0.1, 0.15) is 33.1 Å². The second kappa shape index (κ2) is 3.54. The number of nitrogens with two attached hydrogens (primary N) is 1. The summed E-state index contributed by atoms with van der Waals surface area (Å²) in [6, 6.07) is 0.887. The fourth-order valence-corrected chi connectivity index (χ4v) is 2.90. The monoisotopic (exact) mass is 196 g/mol. The molecule has 1 saturated carbocycles. The standard InChI is InChI=1S/C11H20N2O/c1-6-5-7(2)13-10(8-3-4-8)9(6)11(12)14/h6-10,13H,3-5H2,1-2H3,(H2,12,14). The van der Waals surface area contributed by atoms with Gasteiger partial charge in [0.25, 0.3) is 0 Å². The summed E-state index contributed by atoms with van der Waals surface area (Å²) in [6.07, 6.45) is 3.60. The van der Waals surface area contributed by atoms with E-state index in [-0.39, 0.29) is 11.8 Å². The van der Waals surface area contributed by atoms with E-state index < -0.39 is 0 Å². The molecular weight excluding hydrogens is 176 g/mol. The van der Waals surface area contributed by atoms with Gasteiger partial charge in [0, 0.05) is 12.1 Å². The fraction of sp³-hybridized carbons (Fsp3) is 0.909. The molecule has 3 N–H and O–H groups in total. The van der Waals surface area contributed by atoms with Crippen LogP contribution >= 0.6 is 0 Å². The molecule has 1 saturated heterocycles. The number of primary amides is 1. The first-order chi connectivity index (χ1) is 6.59. The number of piperidine rings is 1. The van der Waals surface area contributed by atoms with Gasteiger partial charge in [0.2, 0.25) is 5.91 Å². The third-order valence-electron chi connectivity index (χ3n) is 3.66. The Morgan fingerprint density at radius 2 is 2.00 bits per heavy atom. The van der Waals surface area contributed by atoms with E-state index >= 15 is 0 Å². The lowest BCUT2D eigenvalue weighted by molar-refractivity contribution is -0.125. The van der Waals surface area contributed by atoms with Crippen molar-refractivity contribution in [3.05, 3.63) is 0 Å². The first-order valence-corrected chi connectivity index (χ1v) is 5.65. The summed E-state index contributed by atoms with van der Waals surface area (Å²) in [5.41, 5.74) is 5.48. The van der Waals surface area contributed by atoms with Gasteiger partial charge in [-0.15, -0.1) is 0 Å². The Bertz CT molecular complexity index is 237. The topological polar surface area (TPSA) is 55.1 Å². The number of amides is 1. The van der Waals surface area contributed by atoms with Crippen molar-refractivity contribution in [2.75, 3.05) is 0 Å². The molecule has 0 aromatic heterocycles. The largest absolute Gasteiger partial charge is 0.369 e. The van der Waals surface area contributed by atoms with Crippen LogP contribution in [0.15, 0.2) is 0 Å². The lowest BCUT2D eigenvalue weighted by Crippen LogP contribution is -2.55. The van der Waals surface area contributed by atoms with E-state index in [0.717, 1.165) is 6.42 Å². The number of hydrogen-bond acceptors (Lipinski definition) is 2. The van der Waals surface area contributed by atoms with Gasteiger partial charge >= 0.3 is 0 Å². The summed E-state index contributed by atoms with van der Waals surface area (Å²) in [6.45, 7) is 4.35. The number of hydrogen-bond donors (Lipinski definition) is 2. The molecule has 14 heavy (non-hydrogen) atoms. The van der Waals surface area contributed by atoms with Crippen LogP contribution in [-0.4, -0.2) is 18.0 Å². The molecule has 0 bridgehead atoms. The second-order valence-electron chi connectivity index (χ2n) is 5.07. The van der Waals surface area contributed by atoms with Crippen LogP contribution in [0.2, 0.25) is 0 Å². The Morgan fingerprint density at radius 3 is 2.50 bits per heavy atom. The first-order valence-electron chi connectivity index (χ1n) is 5.65. The summed E-state index contributed by atoms with van der Waals surface area (Å²) in [4.78, 5) is 11.4. The Labute approximate surface area is 85.4 Å². The third-order valence-corrected chi connectivity index (χ3v) is 3.66. The molecule has 3 heteroatoms. The highest BCUT2D eigenvalue weighted by Gasteiger charge is 2.44. The molecule has 0 aromatic carbocycles. The van der Waals surface area contributed by atoms with E-state index in [9.17, 15) is 4.79 Å². The maximum atomic E-state index is 11.4. The second-order valence-corrected chi connectivity index (χ2v) is 5.07. The molecule has 0 aromatic rings. The molecule has 2 rings (SSSR count). The predicted octanol–water partition coefficient (Wildman–Crippen LogP) is 0.884. The van der Waals surface area contributed by atoms with Crippen molar-refractivity contribution >= 4 is 5.91 Å². The molecule has 2 fully saturated rings. The molecule has 0 spiro atoms. The van der Waals surface area contributed by atoms with Gasteiger partial charge in [-0.25, -0.2) is 0 Å². The smallest absolute Gasteiger partial charge is 0.222 e. The molecule has 3 nitrogen and oxygen atoms in total. The minimum atomic E-state index is -0.117. The summed E-state index contributed by atoms with van der Waals surface area (Å²) in [5.74, 6) is 1.08. The summed E-state index contributed by atoms with van der Waals surface area (Å²) >= 11 is 0. The molecule has 2 aliphatic rings. The van der Waals surface area contributed by atoms with Crippen LogP contribution in [-0.2, 0) is 4.79 Å². The summed E-state index contributed by atoms with van der Waals surface area (Å²) in [5, 5.41) is 3.54. The van der Waals surface area contributed by atoms with Gasteiger partial charge in [-0.1, -0.05) is 6.92 Å². The van der Waals surface area contributed by atoms with E-state index in [2.05, 4.69) is 19.2 Å². The van der Waals surface area contributed by atoms with Crippen molar-refractivity contribution in [3.63, 3.8) is 0 Å². The summed E-state index contributed by atoms with van der Waals surface area (Å²) < 4.78 is 0. The van der Waals surface area contributed by atoms with Gasteiger partial charge in [0.15, 0.2) is 0 Å². The predicted molar refractivity (Wildman–Crippen MR) is 55.6 cm³/mol. The van der Waals surface area contributed by atoms with Gasteiger partial charge in [-0.05, 0) is 38.0 Å². The molecule has 4 atom stereocenters. The molecule has 1 aliphatic carbocycles. The lowest BCUT2D eigenvalue weighted by Gasteiger charge is -2.39. The molecule has 1 amide bonds. The van der Waals surface area contributed by atoms with Crippen LogP contribution in [0.3, 0.4) is 0 Å². The number of rotatable bonds is 2. The zero-order valence-electron chi connectivity index (χ0n) is 8.99. The average Bonchev–Trinajstić information content (AvgIpc) is 2.82. The van der Waals surface area contributed by atoms with Crippen molar-refractivity contribution in [2.45, 2.75) is 45.2 Å². The summed E-state index contributed by atoms with van der Waals surface area (Å²) in [7, 11) is 0. The van der Waals surface area contributed by atoms with Crippen molar-refractivity contribution < 1.29 is 4.79 Å². The van der Waals surface area contributed by atoms with Gasteiger partial charge in [0.1, 0.15) is 0 Å². The van der Waals surface area contributed by atoms with Crippen molar-refractivity contribution in [1.29, 1.82) is 0 Å². The molecule has 1 aliphatic heterocycles. The highest BCUT2D eigenvalue weighted by Crippen LogP contribution is 2.41. The number of carbonyl (C=O) groups excluding carboxylic acids is 1. The number of nitrogens with one attached hydrogen (secondary N) is 1. The molecule has 0 radical (unpaired) electrons. The zero-order valence-corrected chi connectivity index (χ0v) is 8.99. The Hall–Kier alpha value is -0.570. The highest BCUT2D eigenvalue weighted by molar-refractivity contribution is 5.78. The van der Waals surface area contributed by atoms with Crippen LogP contribution in [0.5, 0.6) is 0 Å². The van der Waals surface area contributed by atoms with Gasteiger partial charge < -0.3 is 11.1 Å². The maximum absolute atomic E-state index is 11.4. The van der Waals surface area contributed by atoms with E-state index in [4.69, 9.17) is 5.73 Å². The van der Waals surface area contributed by atoms with Gasteiger partial charge in [-0.3, -0.25) is 4.79 Å². The number of carbonyl (C=O) groups is 1. The van der Waals surface area contributed by atoms with E-state index in [0.29, 0.717) is 23.9 Å². The average molecular weight is 196 g/mol. The first kappa shape index (κ1) is 9.97. The fourth-order valence-electron chi connectivity index (χ4n) is 2.90. The minimum Gasteiger partial charge on any atom is -0.369 e. The molecule has 80 valence electrons. The Kier molecular flexibility index (Phi) is 2.52. The quantitative estimate of drug-likeness (QED) is 0.689. The molecule has 1 heterocycles. The maximum Gasteiger partial charge on any atom is 0.222 e. The lowest BCUT2D eigenvalue weighted by atomic mass is 9.77. The minimum absolute atomic E-state index is 0.0544. The van der Waals surface area contributed by atoms with E-state index in [1.807, 2.05) is 0 Å². The molecular formula is C11H20N2O. The molecule has 4 unspecified atom stereocenters. The van der Waals surface area contributed by atoms with E-state index in [1.165, 1.54) is 12.8 Å². The van der Waals surface area contributed by atoms with E-state index in [1.54, 1.807) is 0 Å². The van der Waals surface area contributed by atoms with Crippen molar-refractivity contribution in [3.8, 4) is 0 Å². The SMILES string of the molecule is CC1CC(C)C(C(N)=O)C(C2CC2)N1. The zero-order chi connectivity index (χ0) is 10.3. The van der Waals surface area contributed by atoms with Crippen LogP contribution < -0.4 is 11.1 Å². The van der Waals surface area contributed by atoms with Crippen molar-refractivity contribution in [2.24, 2.45) is 23.5 Å². The Balaban J connectivity index is 2.11.